The van der Waals surface area contributed by atoms with E-state index in [4.69, 9.17) is 4.74 Å². The van der Waals surface area contributed by atoms with Crippen LogP contribution in [0.2, 0.25) is 0 Å². The number of aromatic nitrogens is 1. The van der Waals surface area contributed by atoms with E-state index in [-0.39, 0.29) is 0 Å². The number of hydrogen-bond donors (Lipinski definition) is 0. The van der Waals surface area contributed by atoms with Crippen molar-refractivity contribution in [2.24, 2.45) is 0 Å². The van der Waals surface area contributed by atoms with Gasteiger partial charge in [0.15, 0.2) is 0 Å². The molecule has 0 bridgehead atoms. The lowest BCUT2D eigenvalue weighted by atomic mass is 10.2. The molecule has 1 heterocycles. The van der Waals surface area contributed by atoms with Gasteiger partial charge in [0.1, 0.15) is 11.6 Å². The molecule has 0 amide bonds. The monoisotopic (exact) mass is 306 g/mol. The Morgan fingerprint density at radius 3 is 2.83 bits per heavy atom. The maximum atomic E-state index is 5.22. The molecule has 2 rings (SSSR count). The lowest BCUT2D eigenvalue weighted by molar-refractivity contribution is 0.414. The third-order valence-corrected chi connectivity index (χ3v) is 3.27. The number of halogens is 1. The SMILES string of the molecule is COc1cccc(CN(C)c2ncccc2Br)c1. The average molecular weight is 307 g/mol. The number of hydrogen-bond acceptors (Lipinski definition) is 3. The molecule has 0 spiro atoms. The smallest absolute Gasteiger partial charge is 0.142 e. The minimum absolute atomic E-state index is 0.785. The van der Waals surface area contributed by atoms with Crippen LogP contribution in [0.15, 0.2) is 47.1 Å². The maximum absolute atomic E-state index is 5.22. The van der Waals surface area contributed by atoms with E-state index in [9.17, 15) is 0 Å². The van der Waals surface area contributed by atoms with Gasteiger partial charge in [-0.1, -0.05) is 12.1 Å². The lowest BCUT2D eigenvalue weighted by Gasteiger charge is -2.19. The fraction of sp³-hybridized carbons (Fsp3) is 0.214. The summed E-state index contributed by atoms with van der Waals surface area (Å²) in [5.74, 6) is 1.81. The first kappa shape index (κ1) is 12.9. The molecule has 0 unspecified atom stereocenters. The van der Waals surface area contributed by atoms with Crippen molar-refractivity contribution in [1.29, 1.82) is 0 Å². The number of benzene rings is 1. The van der Waals surface area contributed by atoms with Crippen molar-refractivity contribution in [1.82, 2.24) is 4.98 Å². The number of rotatable bonds is 4. The van der Waals surface area contributed by atoms with Crippen LogP contribution >= 0.6 is 15.9 Å². The lowest BCUT2D eigenvalue weighted by Crippen LogP contribution is -2.18. The third-order valence-electron chi connectivity index (χ3n) is 2.65. The van der Waals surface area contributed by atoms with E-state index in [1.54, 1.807) is 13.3 Å². The summed E-state index contributed by atoms with van der Waals surface area (Å²) in [5.41, 5.74) is 1.19. The zero-order valence-electron chi connectivity index (χ0n) is 10.4. The Labute approximate surface area is 116 Å². The number of nitrogens with zero attached hydrogens (tertiary/aromatic N) is 2. The Morgan fingerprint density at radius 2 is 2.11 bits per heavy atom. The zero-order valence-corrected chi connectivity index (χ0v) is 12.0. The van der Waals surface area contributed by atoms with Gasteiger partial charge in [-0.25, -0.2) is 4.98 Å². The van der Waals surface area contributed by atoms with Crippen LogP contribution in [0.3, 0.4) is 0 Å². The molecular weight excluding hydrogens is 292 g/mol. The zero-order chi connectivity index (χ0) is 13.0. The molecule has 94 valence electrons. The molecule has 0 atom stereocenters. The van der Waals surface area contributed by atoms with Crippen molar-refractivity contribution in [2.45, 2.75) is 6.54 Å². The van der Waals surface area contributed by atoms with Crippen LogP contribution in [-0.2, 0) is 6.54 Å². The first-order valence-corrected chi connectivity index (χ1v) is 6.44. The van der Waals surface area contributed by atoms with Crippen molar-refractivity contribution < 1.29 is 4.74 Å². The highest BCUT2D eigenvalue weighted by atomic mass is 79.9. The van der Waals surface area contributed by atoms with Gasteiger partial charge in [-0.2, -0.15) is 0 Å². The molecular formula is C14H15BrN2O. The fourth-order valence-corrected chi connectivity index (χ4v) is 2.34. The Morgan fingerprint density at radius 1 is 1.28 bits per heavy atom. The van der Waals surface area contributed by atoms with E-state index in [0.29, 0.717) is 0 Å². The summed E-state index contributed by atoms with van der Waals surface area (Å²) in [6, 6.07) is 12.0. The second kappa shape index (κ2) is 5.87. The maximum Gasteiger partial charge on any atom is 0.142 e. The predicted molar refractivity (Wildman–Crippen MR) is 77.0 cm³/mol. The molecule has 0 aliphatic rings. The second-order valence-electron chi connectivity index (χ2n) is 4.02. The van der Waals surface area contributed by atoms with Gasteiger partial charge in [-0.15, -0.1) is 0 Å². The van der Waals surface area contributed by atoms with E-state index in [2.05, 4.69) is 31.9 Å². The van der Waals surface area contributed by atoms with Gasteiger partial charge in [0.05, 0.1) is 11.6 Å². The van der Waals surface area contributed by atoms with E-state index in [1.165, 1.54) is 5.56 Å². The second-order valence-corrected chi connectivity index (χ2v) is 4.87. The number of anilines is 1. The van der Waals surface area contributed by atoms with Gasteiger partial charge < -0.3 is 9.64 Å². The third kappa shape index (κ3) is 3.01. The molecule has 0 aliphatic heterocycles. The van der Waals surface area contributed by atoms with Crippen LogP contribution in [-0.4, -0.2) is 19.1 Å². The summed E-state index contributed by atoms with van der Waals surface area (Å²) < 4.78 is 6.22. The number of pyridine rings is 1. The summed E-state index contributed by atoms with van der Waals surface area (Å²) in [6.45, 7) is 0.785. The van der Waals surface area contributed by atoms with Gasteiger partial charge >= 0.3 is 0 Å². The molecule has 0 N–H and O–H groups in total. The summed E-state index contributed by atoms with van der Waals surface area (Å²) in [6.07, 6.45) is 1.79. The molecule has 0 radical (unpaired) electrons. The molecule has 1 aromatic carbocycles. The van der Waals surface area contributed by atoms with Crippen LogP contribution in [0.1, 0.15) is 5.56 Å². The summed E-state index contributed by atoms with van der Waals surface area (Å²) in [5, 5.41) is 0. The van der Waals surface area contributed by atoms with E-state index >= 15 is 0 Å². The molecule has 2 aromatic rings. The summed E-state index contributed by atoms with van der Waals surface area (Å²) >= 11 is 3.51. The summed E-state index contributed by atoms with van der Waals surface area (Å²) in [4.78, 5) is 6.46. The molecule has 0 saturated heterocycles. The molecule has 18 heavy (non-hydrogen) atoms. The molecule has 0 fully saturated rings. The minimum Gasteiger partial charge on any atom is -0.497 e. The van der Waals surface area contributed by atoms with Gasteiger partial charge in [0, 0.05) is 19.8 Å². The van der Waals surface area contributed by atoms with Gasteiger partial charge in [-0.05, 0) is 45.8 Å². The van der Waals surface area contributed by atoms with Crippen molar-refractivity contribution >= 4 is 21.7 Å². The Bertz CT molecular complexity index is 531. The quantitative estimate of drug-likeness (QED) is 0.864. The minimum atomic E-state index is 0.785. The summed E-state index contributed by atoms with van der Waals surface area (Å²) in [7, 11) is 3.70. The average Bonchev–Trinajstić information content (AvgIpc) is 2.39. The van der Waals surface area contributed by atoms with Gasteiger partial charge in [-0.3, -0.25) is 0 Å². The standard InChI is InChI=1S/C14H15BrN2O/c1-17(14-13(15)7-4-8-16-14)10-11-5-3-6-12(9-11)18-2/h3-9H,10H2,1-2H3. The molecule has 1 aromatic heterocycles. The van der Waals surface area contributed by atoms with E-state index in [0.717, 1.165) is 22.6 Å². The fourth-order valence-electron chi connectivity index (χ4n) is 1.78. The van der Waals surface area contributed by atoms with E-state index in [1.807, 2.05) is 37.4 Å². The molecule has 0 aliphatic carbocycles. The largest absolute Gasteiger partial charge is 0.497 e. The Kier molecular flexibility index (Phi) is 4.20. The van der Waals surface area contributed by atoms with Crippen LogP contribution in [0.5, 0.6) is 5.75 Å². The Hall–Kier alpha value is -1.55. The first-order chi connectivity index (χ1) is 8.70. The normalized spacial score (nSPS) is 10.2. The van der Waals surface area contributed by atoms with Crippen LogP contribution in [0, 0.1) is 0 Å². The number of methoxy groups -OCH3 is 1. The van der Waals surface area contributed by atoms with Crippen LogP contribution < -0.4 is 9.64 Å². The predicted octanol–water partition coefficient (Wildman–Crippen LogP) is 3.49. The van der Waals surface area contributed by atoms with Crippen molar-refractivity contribution in [3.63, 3.8) is 0 Å². The molecule has 4 heteroatoms. The topological polar surface area (TPSA) is 25.4 Å². The van der Waals surface area contributed by atoms with Crippen molar-refractivity contribution in [3.8, 4) is 5.75 Å². The molecule has 0 saturated carbocycles. The van der Waals surface area contributed by atoms with Crippen LogP contribution in [0.25, 0.3) is 0 Å². The van der Waals surface area contributed by atoms with Crippen molar-refractivity contribution in [3.05, 3.63) is 52.6 Å². The van der Waals surface area contributed by atoms with E-state index < -0.39 is 0 Å². The highest BCUT2D eigenvalue weighted by molar-refractivity contribution is 9.10. The Balaban J connectivity index is 2.16. The first-order valence-electron chi connectivity index (χ1n) is 5.65. The highest BCUT2D eigenvalue weighted by Crippen LogP contribution is 2.23. The number of ether oxygens (including phenoxy) is 1. The molecule has 3 nitrogen and oxygen atoms in total. The van der Waals surface area contributed by atoms with Gasteiger partial charge in [0.25, 0.3) is 0 Å². The highest BCUT2D eigenvalue weighted by Gasteiger charge is 2.07. The van der Waals surface area contributed by atoms with Gasteiger partial charge in [0.2, 0.25) is 0 Å². The van der Waals surface area contributed by atoms with Crippen LogP contribution in [0.4, 0.5) is 5.82 Å². The van der Waals surface area contributed by atoms with Crippen molar-refractivity contribution in [2.75, 3.05) is 19.1 Å².